The minimum absolute atomic E-state index is 0.210. The fraction of sp³-hybridized carbons (Fsp3) is 0.429. The summed E-state index contributed by atoms with van der Waals surface area (Å²) in [5, 5.41) is 5.36. The fourth-order valence-corrected chi connectivity index (χ4v) is 3.47. The molecule has 2 amide bonds. The van der Waals surface area contributed by atoms with E-state index in [1.807, 2.05) is 62.4 Å². The van der Waals surface area contributed by atoms with Crippen molar-refractivity contribution < 1.29 is 19.2 Å². The Balaban J connectivity index is 1.46. The van der Waals surface area contributed by atoms with Gasteiger partial charge in [0.05, 0.1) is 0 Å². The van der Waals surface area contributed by atoms with Gasteiger partial charge in [-0.3, -0.25) is 19.2 Å². The molecular formula is C28H36N2O4. The summed E-state index contributed by atoms with van der Waals surface area (Å²) in [6.07, 6.45) is 5.12. The number of benzene rings is 2. The maximum absolute atomic E-state index is 12.0. The molecule has 182 valence electrons. The van der Waals surface area contributed by atoms with Gasteiger partial charge in [0, 0.05) is 25.9 Å². The molecule has 34 heavy (non-hydrogen) atoms. The first-order chi connectivity index (χ1) is 16.3. The molecule has 0 saturated carbocycles. The molecule has 0 aliphatic carbocycles. The molecule has 0 heterocycles. The van der Waals surface area contributed by atoms with Crippen molar-refractivity contribution in [3.63, 3.8) is 0 Å². The number of carbonyl (C=O) groups excluding carboxylic acids is 4. The number of amides is 2. The predicted molar refractivity (Wildman–Crippen MR) is 133 cm³/mol. The molecule has 2 aromatic carbocycles. The van der Waals surface area contributed by atoms with Crippen LogP contribution in [-0.2, 0) is 32.1 Å². The second kappa shape index (κ2) is 14.8. The van der Waals surface area contributed by atoms with Crippen LogP contribution in [-0.4, -0.2) is 29.9 Å². The van der Waals surface area contributed by atoms with Crippen molar-refractivity contribution in [3.8, 4) is 0 Å². The zero-order valence-corrected chi connectivity index (χ0v) is 20.3. The van der Waals surface area contributed by atoms with Gasteiger partial charge in [-0.05, 0) is 44.2 Å². The zero-order valence-electron chi connectivity index (χ0n) is 20.3. The summed E-state index contributed by atoms with van der Waals surface area (Å²) in [4.78, 5) is 47.8. The normalized spacial score (nSPS) is 10.5. The Morgan fingerprint density at radius 3 is 1.74 bits per heavy atom. The Labute approximate surface area is 202 Å². The lowest BCUT2D eigenvalue weighted by molar-refractivity contribution is -0.138. The minimum atomic E-state index is -0.532. The highest BCUT2D eigenvalue weighted by Crippen LogP contribution is 2.08. The van der Waals surface area contributed by atoms with Gasteiger partial charge in [-0.2, -0.15) is 0 Å². The molecule has 2 N–H and O–H groups in total. The molecule has 0 aliphatic heterocycles. The van der Waals surface area contributed by atoms with Crippen LogP contribution >= 0.6 is 0 Å². The summed E-state index contributed by atoms with van der Waals surface area (Å²) in [6.45, 7) is 4.83. The lowest BCUT2D eigenvalue weighted by Gasteiger charge is -2.06. The molecule has 0 saturated heterocycles. The first-order valence-corrected chi connectivity index (χ1v) is 12.1. The summed E-state index contributed by atoms with van der Waals surface area (Å²) >= 11 is 0. The number of rotatable bonds is 15. The van der Waals surface area contributed by atoms with Crippen molar-refractivity contribution in [2.24, 2.45) is 0 Å². The van der Waals surface area contributed by atoms with Crippen molar-refractivity contribution in [1.82, 2.24) is 10.6 Å². The lowest BCUT2D eigenvalue weighted by atomic mass is 10.1. The second-order valence-electron chi connectivity index (χ2n) is 8.77. The average molecular weight is 465 g/mol. The Kier molecular flexibility index (Phi) is 11.7. The molecule has 2 rings (SSSR count). The molecule has 0 aliphatic rings. The van der Waals surface area contributed by atoms with Crippen molar-refractivity contribution in [1.29, 1.82) is 0 Å². The summed E-state index contributed by atoms with van der Waals surface area (Å²) in [6, 6.07) is 15.8. The highest BCUT2D eigenvalue weighted by molar-refractivity contribution is 6.36. The first kappa shape index (κ1) is 27.0. The van der Waals surface area contributed by atoms with E-state index in [-0.39, 0.29) is 24.4 Å². The third-order valence-corrected chi connectivity index (χ3v) is 5.71. The highest BCUT2D eigenvalue weighted by atomic mass is 16.2. The molecule has 6 nitrogen and oxygen atoms in total. The van der Waals surface area contributed by atoms with Crippen LogP contribution in [0.3, 0.4) is 0 Å². The lowest BCUT2D eigenvalue weighted by Crippen LogP contribution is -2.31. The number of aryl methyl sites for hydroxylation is 3. The van der Waals surface area contributed by atoms with Crippen molar-refractivity contribution in [2.45, 2.75) is 71.8 Å². The molecule has 0 atom stereocenters. The molecular weight excluding hydrogens is 428 g/mol. The standard InChI is InChI=1S/C28H36N2O4/c1-21-9-13-23(14-10-21)17-18-26(32)27(33)29-19-7-5-3-4-6-8-25(31)28(34)30-20-24-15-11-22(2)12-16-24/h9-16H,3-8,17-20H2,1-2H3,(H,29,33)(H,30,34). The van der Waals surface area contributed by atoms with E-state index in [0.717, 1.165) is 42.4 Å². The molecule has 0 aromatic heterocycles. The van der Waals surface area contributed by atoms with Gasteiger partial charge in [-0.25, -0.2) is 0 Å². The van der Waals surface area contributed by atoms with Gasteiger partial charge in [0.1, 0.15) is 0 Å². The monoisotopic (exact) mass is 464 g/mol. The summed E-state index contributed by atoms with van der Waals surface area (Å²) in [7, 11) is 0. The van der Waals surface area contributed by atoms with Crippen molar-refractivity contribution >= 4 is 23.4 Å². The van der Waals surface area contributed by atoms with Crippen LogP contribution in [0, 0.1) is 13.8 Å². The molecule has 2 aromatic rings. The maximum Gasteiger partial charge on any atom is 0.287 e. The van der Waals surface area contributed by atoms with Gasteiger partial charge in [0.25, 0.3) is 11.8 Å². The zero-order chi connectivity index (χ0) is 24.8. The average Bonchev–Trinajstić information content (AvgIpc) is 2.84. The van der Waals surface area contributed by atoms with Crippen LogP contribution in [0.1, 0.15) is 67.2 Å². The van der Waals surface area contributed by atoms with Crippen LogP contribution < -0.4 is 10.6 Å². The minimum Gasteiger partial charge on any atom is -0.350 e. The van der Waals surface area contributed by atoms with E-state index < -0.39 is 11.8 Å². The number of hydrogen-bond acceptors (Lipinski definition) is 4. The molecule has 0 bridgehead atoms. The van der Waals surface area contributed by atoms with Crippen LogP contribution in [0.2, 0.25) is 0 Å². The van der Waals surface area contributed by atoms with Crippen LogP contribution in [0.15, 0.2) is 48.5 Å². The largest absolute Gasteiger partial charge is 0.350 e. The Morgan fingerprint density at radius 2 is 1.09 bits per heavy atom. The number of nitrogens with one attached hydrogen (secondary N) is 2. The van der Waals surface area contributed by atoms with E-state index >= 15 is 0 Å². The summed E-state index contributed by atoms with van der Waals surface area (Å²) in [5.41, 5.74) is 4.33. The van der Waals surface area contributed by atoms with Gasteiger partial charge in [-0.1, -0.05) is 78.9 Å². The van der Waals surface area contributed by atoms with E-state index in [2.05, 4.69) is 10.6 Å². The van der Waals surface area contributed by atoms with Gasteiger partial charge in [0.2, 0.25) is 11.6 Å². The van der Waals surface area contributed by atoms with Crippen LogP contribution in [0.25, 0.3) is 0 Å². The van der Waals surface area contributed by atoms with Gasteiger partial charge >= 0.3 is 0 Å². The van der Waals surface area contributed by atoms with E-state index in [9.17, 15) is 19.2 Å². The SMILES string of the molecule is Cc1ccc(CCC(=O)C(=O)NCCCCCCCC(=O)C(=O)NCc2ccc(C)cc2)cc1. The van der Waals surface area contributed by atoms with E-state index in [0.29, 0.717) is 25.9 Å². The number of ketones is 2. The number of unbranched alkanes of at least 4 members (excludes halogenated alkanes) is 4. The third-order valence-electron chi connectivity index (χ3n) is 5.71. The van der Waals surface area contributed by atoms with Gasteiger partial charge in [0.15, 0.2) is 0 Å². The summed E-state index contributed by atoms with van der Waals surface area (Å²) < 4.78 is 0. The molecule has 6 heteroatoms. The molecule has 0 spiro atoms. The number of carbonyl (C=O) groups is 4. The summed E-state index contributed by atoms with van der Waals surface area (Å²) in [5.74, 6) is -1.83. The van der Waals surface area contributed by atoms with E-state index in [1.54, 1.807) is 0 Å². The van der Waals surface area contributed by atoms with E-state index in [1.165, 1.54) is 5.56 Å². The Hall–Kier alpha value is -3.28. The smallest absolute Gasteiger partial charge is 0.287 e. The van der Waals surface area contributed by atoms with Crippen LogP contribution in [0.4, 0.5) is 0 Å². The third kappa shape index (κ3) is 10.6. The van der Waals surface area contributed by atoms with Crippen molar-refractivity contribution in [2.75, 3.05) is 6.54 Å². The maximum atomic E-state index is 12.0. The van der Waals surface area contributed by atoms with Crippen molar-refractivity contribution in [3.05, 3.63) is 70.8 Å². The topological polar surface area (TPSA) is 92.3 Å². The van der Waals surface area contributed by atoms with E-state index in [4.69, 9.17) is 0 Å². The Morgan fingerprint density at radius 1 is 0.588 bits per heavy atom. The molecule has 0 radical (unpaired) electrons. The molecule has 0 fully saturated rings. The van der Waals surface area contributed by atoms with Crippen LogP contribution in [0.5, 0.6) is 0 Å². The highest BCUT2D eigenvalue weighted by Gasteiger charge is 2.13. The second-order valence-corrected chi connectivity index (χ2v) is 8.77. The predicted octanol–water partition coefficient (Wildman–Crippen LogP) is 4.15. The quantitative estimate of drug-likeness (QED) is 0.306. The first-order valence-electron chi connectivity index (χ1n) is 12.1. The fourth-order valence-electron chi connectivity index (χ4n) is 3.47. The Bertz CT molecular complexity index is 870. The van der Waals surface area contributed by atoms with Gasteiger partial charge in [-0.15, -0.1) is 0 Å². The number of hydrogen-bond donors (Lipinski definition) is 2. The molecule has 0 unspecified atom stereocenters. The number of Topliss-reactive ketones (excluding diaryl/α,β-unsaturated/α-hetero) is 2. The van der Waals surface area contributed by atoms with Gasteiger partial charge < -0.3 is 10.6 Å².